The van der Waals surface area contributed by atoms with Crippen LogP contribution in [0.1, 0.15) is 24.5 Å². The summed E-state index contributed by atoms with van der Waals surface area (Å²) in [6, 6.07) is 8.77. The summed E-state index contributed by atoms with van der Waals surface area (Å²) < 4.78 is 0. The Morgan fingerprint density at radius 1 is 1.33 bits per heavy atom. The smallest absolute Gasteiger partial charge is 0.0267 e. The molecular weight excluding hydrogens is 184 g/mol. The predicted molar refractivity (Wildman–Crippen MR) is 63.7 cm³/mol. The fraction of sp³-hybridized carbons (Fsp3) is 0.538. The first kappa shape index (κ1) is 10.7. The molecule has 82 valence electrons. The number of benzene rings is 1. The van der Waals surface area contributed by atoms with Gasteiger partial charge in [0.1, 0.15) is 0 Å². The van der Waals surface area contributed by atoms with Crippen LogP contribution in [-0.2, 0) is 6.54 Å². The van der Waals surface area contributed by atoms with Crippen LogP contribution in [0.15, 0.2) is 24.3 Å². The van der Waals surface area contributed by atoms with E-state index in [1.165, 1.54) is 11.1 Å². The fourth-order valence-electron chi connectivity index (χ4n) is 2.17. The van der Waals surface area contributed by atoms with E-state index in [-0.39, 0.29) is 5.54 Å². The van der Waals surface area contributed by atoms with E-state index < -0.39 is 0 Å². The summed E-state index contributed by atoms with van der Waals surface area (Å²) in [5.74, 6) is 0. The summed E-state index contributed by atoms with van der Waals surface area (Å²) in [7, 11) is 0. The van der Waals surface area contributed by atoms with Crippen molar-refractivity contribution in [2.24, 2.45) is 5.73 Å². The molecule has 0 radical (unpaired) electrons. The van der Waals surface area contributed by atoms with Crippen LogP contribution in [0, 0.1) is 6.92 Å². The first-order chi connectivity index (χ1) is 7.05. The van der Waals surface area contributed by atoms with Gasteiger partial charge in [-0.1, -0.05) is 29.8 Å². The standard InChI is InChI=1S/C13H20N2/c1-11-3-5-12(6-4-11)9-15-8-7-13(2,14)10-15/h3-6H,7-10,14H2,1-2H3. The normalized spacial score (nSPS) is 27.1. The molecule has 0 spiro atoms. The zero-order valence-corrected chi connectivity index (χ0v) is 9.66. The summed E-state index contributed by atoms with van der Waals surface area (Å²) in [5, 5.41) is 0. The number of nitrogens with zero attached hydrogens (tertiary/aromatic N) is 1. The van der Waals surface area contributed by atoms with Crippen molar-refractivity contribution in [3.8, 4) is 0 Å². The van der Waals surface area contributed by atoms with Gasteiger partial charge in [-0.2, -0.15) is 0 Å². The zero-order chi connectivity index (χ0) is 10.9. The molecule has 2 nitrogen and oxygen atoms in total. The van der Waals surface area contributed by atoms with Crippen LogP contribution in [0.25, 0.3) is 0 Å². The van der Waals surface area contributed by atoms with Crippen molar-refractivity contribution in [2.75, 3.05) is 13.1 Å². The van der Waals surface area contributed by atoms with E-state index in [0.717, 1.165) is 26.1 Å². The Hall–Kier alpha value is -0.860. The van der Waals surface area contributed by atoms with E-state index in [0.29, 0.717) is 0 Å². The maximum atomic E-state index is 6.10. The summed E-state index contributed by atoms with van der Waals surface area (Å²) in [6.45, 7) is 7.44. The molecule has 1 fully saturated rings. The van der Waals surface area contributed by atoms with E-state index in [9.17, 15) is 0 Å². The molecule has 0 aliphatic carbocycles. The van der Waals surface area contributed by atoms with Gasteiger partial charge in [-0.15, -0.1) is 0 Å². The third kappa shape index (κ3) is 2.80. The minimum absolute atomic E-state index is 0.0185. The summed E-state index contributed by atoms with van der Waals surface area (Å²) in [6.07, 6.45) is 1.11. The molecule has 1 aromatic rings. The third-order valence-electron chi connectivity index (χ3n) is 3.11. The Balaban J connectivity index is 1.96. The predicted octanol–water partition coefficient (Wildman–Crippen LogP) is 1.92. The molecule has 0 saturated carbocycles. The molecule has 0 amide bonds. The third-order valence-corrected chi connectivity index (χ3v) is 3.11. The molecule has 15 heavy (non-hydrogen) atoms. The number of aryl methyl sites for hydroxylation is 1. The van der Waals surface area contributed by atoms with Gasteiger partial charge >= 0.3 is 0 Å². The Bertz CT molecular complexity index is 327. The lowest BCUT2D eigenvalue weighted by Crippen LogP contribution is -2.38. The first-order valence-electron chi connectivity index (χ1n) is 5.62. The van der Waals surface area contributed by atoms with Crippen molar-refractivity contribution in [2.45, 2.75) is 32.4 Å². The number of hydrogen-bond donors (Lipinski definition) is 1. The topological polar surface area (TPSA) is 29.3 Å². The molecule has 2 N–H and O–H groups in total. The van der Waals surface area contributed by atoms with Crippen LogP contribution in [0.5, 0.6) is 0 Å². The first-order valence-corrected chi connectivity index (χ1v) is 5.62. The minimum atomic E-state index is 0.0185. The quantitative estimate of drug-likeness (QED) is 0.797. The van der Waals surface area contributed by atoms with Crippen LogP contribution in [0.3, 0.4) is 0 Å². The minimum Gasteiger partial charge on any atom is -0.324 e. The highest BCUT2D eigenvalue weighted by molar-refractivity contribution is 5.21. The van der Waals surface area contributed by atoms with Gasteiger partial charge < -0.3 is 5.73 Å². The molecule has 2 rings (SSSR count). The fourth-order valence-corrected chi connectivity index (χ4v) is 2.17. The molecule has 1 unspecified atom stereocenters. The SMILES string of the molecule is Cc1ccc(CN2CCC(C)(N)C2)cc1. The van der Waals surface area contributed by atoms with Crippen molar-refractivity contribution >= 4 is 0 Å². The lowest BCUT2D eigenvalue weighted by Gasteiger charge is -2.19. The maximum Gasteiger partial charge on any atom is 0.0267 e. The van der Waals surface area contributed by atoms with Crippen molar-refractivity contribution in [1.29, 1.82) is 0 Å². The van der Waals surface area contributed by atoms with E-state index in [4.69, 9.17) is 5.73 Å². The average Bonchev–Trinajstić information content (AvgIpc) is 2.50. The second kappa shape index (κ2) is 3.95. The second-order valence-electron chi connectivity index (χ2n) is 5.10. The number of hydrogen-bond acceptors (Lipinski definition) is 2. The Morgan fingerprint density at radius 2 is 2.00 bits per heavy atom. The maximum absolute atomic E-state index is 6.10. The molecule has 1 aliphatic rings. The van der Waals surface area contributed by atoms with Gasteiger partial charge in [-0.05, 0) is 25.8 Å². The van der Waals surface area contributed by atoms with E-state index >= 15 is 0 Å². The molecule has 1 aliphatic heterocycles. The van der Waals surface area contributed by atoms with Crippen molar-refractivity contribution < 1.29 is 0 Å². The van der Waals surface area contributed by atoms with Gasteiger partial charge in [0.15, 0.2) is 0 Å². The van der Waals surface area contributed by atoms with Crippen LogP contribution in [0.2, 0.25) is 0 Å². The van der Waals surface area contributed by atoms with Crippen molar-refractivity contribution in [3.63, 3.8) is 0 Å². The zero-order valence-electron chi connectivity index (χ0n) is 9.66. The highest BCUT2D eigenvalue weighted by Crippen LogP contribution is 2.19. The number of nitrogens with two attached hydrogens (primary N) is 1. The number of likely N-dealkylation sites (tertiary alicyclic amines) is 1. The molecule has 1 aromatic carbocycles. The molecule has 1 saturated heterocycles. The lowest BCUT2D eigenvalue weighted by molar-refractivity contribution is 0.310. The average molecular weight is 204 g/mol. The summed E-state index contributed by atoms with van der Waals surface area (Å²) in [4.78, 5) is 2.44. The Kier molecular flexibility index (Phi) is 2.81. The molecule has 1 heterocycles. The molecule has 0 aromatic heterocycles. The second-order valence-corrected chi connectivity index (χ2v) is 5.10. The summed E-state index contributed by atoms with van der Waals surface area (Å²) >= 11 is 0. The molecule has 2 heteroatoms. The van der Waals surface area contributed by atoms with Crippen LogP contribution < -0.4 is 5.73 Å². The van der Waals surface area contributed by atoms with Crippen molar-refractivity contribution in [3.05, 3.63) is 35.4 Å². The van der Waals surface area contributed by atoms with Gasteiger partial charge in [0.2, 0.25) is 0 Å². The van der Waals surface area contributed by atoms with Gasteiger partial charge in [0, 0.05) is 25.2 Å². The van der Waals surface area contributed by atoms with Crippen LogP contribution in [-0.4, -0.2) is 23.5 Å². The highest BCUT2D eigenvalue weighted by Gasteiger charge is 2.29. The summed E-state index contributed by atoms with van der Waals surface area (Å²) in [5.41, 5.74) is 8.83. The largest absolute Gasteiger partial charge is 0.324 e. The molecule has 0 bridgehead atoms. The Morgan fingerprint density at radius 3 is 2.53 bits per heavy atom. The van der Waals surface area contributed by atoms with E-state index in [1.54, 1.807) is 0 Å². The van der Waals surface area contributed by atoms with Gasteiger partial charge in [-0.3, -0.25) is 4.90 Å². The van der Waals surface area contributed by atoms with E-state index in [1.807, 2.05) is 0 Å². The van der Waals surface area contributed by atoms with Gasteiger partial charge in [0.05, 0.1) is 0 Å². The molecular formula is C13H20N2. The Labute approximate surface area is 92.1 Å². The van der Waals surface area contributed by atoms with Crippen molar-refractivity contribution in [1.82, 2.24) is 4.90 Å². The van der Waals surface area contributed by atoms with Gasteiger partial charge in [0.25, 0.3) is 0 Å². The van der Waals surface area contributed by atoms with Crippen LogP contribution in [0.4, 0.5) is 0 Å². The van der Waals surface area contributed by atoms with Crippen LogP contribution >= 0.6 is 0 Å². The lowest BCUT2D eigenvalue weighted by atomic mass is 10.0. The highest BCUT2D eigenvalue weighted by atomic mass is 15.2. The number of rotatable bonds is 2. The molecule has 1 atom stereocenters. The van der Waals surface area contributed by atoms with Gasteiger partial charge in [-0.25, -0.2) is 0 Å². The van der Waals surface area contributed by atoms with E-state index in [2.05, 4.69) is 43.0 Å². The monoisotopic (exact) mass is 204 g/mol.